The van der Waals surface area contributed by atoms with Crippen LogP contribution in [0.2, 0.25) is 0 Å². The first-order valence-electron chi connectivity index (χ1n) is 9.57. The number of anilines is 2. The number of nitrogens with one attached hydrogen (secondary N) is 2. The van der Waals surface area contributed by atoms with Gasteiger partial charge in [0.25, 0.3) is 5.91 Å². The van der Waals surface area contributed by atoms with E-state index in [1.807, 2.05) is 25.1 Å². The van der Waals surface area contributed by atoms with E-state index in [-0.39, 0.29) is 11.8 Å². The summed E-state index contributed by atoms with van der Waals surface area (Å²) in [6.07, 6.45) is 0.446. The zero-order valence-electron chi connectivity index (χ0n) is 16.7. The van der Waals surface area contributed by atoms with Gasteiger partial charge in [-0.3, -0.25) is 14.2 Å². The molecule has 0 unspecified atom stereocenters. The maximum Gasteiger partial charge on any atom is 0.419 e. The summed E-state index contributed by atoms with van der Waals surface area (Å²) in [4.78, 5) is 39.7. The Balaban J connectivity index is 1.58. The Kier molecular flexibility index (Phi) is 5.65. The highest BCUT2D eigenvalue weighted by Gasteiger charge is 2.17. The number of rotatable bonds is 5. The standard InChI is InChI=1S/C21H22N4O4S/c1-24(2)8-9-25-16-12-14(4-5-17(16)29-21(25)28)22-20(27)13-3-6-18-15(11-13)23-19(26)7-10-30-18/h3-6,11-12H,7-10H2,1-2H3,(H,22,27)(H,23,26). The molecule has 0 saturated carbocycles. The Labute approximate surface area is 177 Å². The van der Waals surface area contributed by atoms with Crippen molar-refractivity contribution in [2.75, 3.05) is 37.0 Å². The van der Waals surface area contributed by atoms with Gasteiger partial charge in [0.15, 0.2) is 5.58 Å². The van der Waals surface area contributed by atoms with Gasteiger partial charge in [-0.15, -0.1) is 11.8 Å². The number of hydrogen-bond acceptors (Lipinski definition) is 6. The molecule has 3 aromatic rings. The molecule has 2 amide bonds. The summed E-state index contributed by atoms with van der Waals surface area (Å²) >= 11 is 1.59. The molecule has 9 heteroatoms. The van der Waals surface area contributed by atoms with E-state index in [2.05, 4.69) is 10.6 Å². The van der Waals surface area contributed by atoms with E-state index < -0.39 is 5.76 Å². The van der Waals surface area contributed by atoms with Crippen LogP contribution in [0.5, 0.6) is 0 Å². The molecule has 1 aromatic heterocycles. The Bertz CT molecular complexity index is 1180. The topological polar surface area (TPSA) is 96.6 Å². The lowest BCUT2D eigenvalue weighted by Crippen LogP contribution is -2.23. The van der Waals surface area contributed by atoms with Gasteiger partial charge >= 0.3 is 5.76 Å². The molecule has 0 atom stereocenters. The number of thioether (sulfide) groups is 1. The summed E-state index contributed by atoms with van der Waals surface area (Å²) in [6.45, 7) is 1.17. The minimum absolute atomic E-state index is 0.0556. The molecule has 156 valence electrons. The molecule has 0 fully saturated rings. The minimum atomic E-state index is -0.422. The Morgan fingerprint density at radius 3 is 2.87 bits per heavy atom. The van der Waals surface area contributed by atoms with Crippen molar-refractivity contribution < 1.29 is 14.0 Å². The first-order chi connectivity index (χ1) is 14.4. The van der Waals surface area contributed by atoms with E-state index in [1.165, 1.54) is 0 Å². The van der Waals surface area contributed by atoms with Gasteiger partial charge in [-0.2, -0.15) is 0 Å². The third-order valence-corrected chi connectivity index (χ3v) is 5.87. The first-order valence-corrected chi connectivity index (χ1v) is 10.6. The SMILES string of the molecule is CN(C)CCn1c(=O)oc2ccc(NC(=O)c3ccc4c(c3)NC(=O)CCS4)cc21. The van der Waals surface area contributed by atoms with Gasteiger partial charge in [0, 0.05) is 41.4 Å². The highest BCUT2D eigenvalue weighted by atomic mass is 32.2. The number of fused-ring (bicyclic) bond motifs is 2. The molecule has 0 bridgehead atoms. The fourth-order valence-corrected chi connectivity index (χ4v) is 4.15. The first kappa shape index (κ1) is 20.2. The van der Waals surface area contributed by atoms with E-state index in [1.54, 1.807) is 46.7 Å². The molecule has 0 spiro atoms. The molecule has 2 heterocycles. The number of benzene rings is 2. The second kappa shape index (κ2) is 8.37. The minimum Gasteiger partial charge on any atom is -0.408 e. The average Bonchev–Trinajstić information content (AvgIpc) is 2.88. The fraction of sp³-hybridized carbons (Fsp3) is 0.286. The lowest BCUT2D eigenvalue weighted by atomic mass is 10.1. The largest absolute Gasteiger partial charge is 0.419 e. The Morgan fingerprint density at radius 2 is 2.07 bits per heavy atom. The lowest BCUT2D eigenvalue weighted by molar-refractivity contribution is -0.115. The molecule has 2 N–H and O–H groups in total. The predicted molar refractivity (Wildman–Crippen MR) is 117 cm³/mol. The smallest absolute Gasteiger partial charge is 0.408 e. The molecule has 4 rings (SSSR count). The van der Waals surface area contributed by atoms with Crippen LogP contribution < -0.4 is 16.4 Å². The molecule has 1 aliphatic rings. The van der Waals surface area contributed by atoms with Crippen molar-refractivity contribution in [1.29, 1.82) is 0 Å². The van der Waals surface area contributed by atoms with Gasteiger partial charge < -0.3 is 20.0 Å². The number of nitrogens with zero attached hydrogens (tertiary/aromatic N) is 2. The summed E-state index contributed by atoms with van der Waals surface area (Å²) < 4.78 is 6.85. The second-order valence-electron chi connectivity index (χ2n) is 7.32. The summed E-state index contributed by atoms with van der Waals surface area (Å²) in [6, 6.07) is 10.4. The fourth-order valence-electron chi connectivity index (χ4n) is 3.22. The Hall–Kier alpha value is -3.04. The molecule has 30 heavy (non-hydrogen) atoms. The highest BCUT2D eigenvalue weighted by Crippen LogP contribution is 2.31. The average molecular weight is 426 g/mol. The summed E-state index contributed by atoms with van der Waals surface area (Å²) in [5, 5.41) is 5.70. The van der Waals surface area contributed by atoms with Crippen molar-refractivity contribution in [1.82, 2.24) is 9.47 Å². The van der Waals surface area contributed by atoms with Crippen LogP contribution in [-0.4, -0.2) is 47.7 Å². The monoisotopic (exact) mass is 426 g/mol. The van der Waals surface area contributed by atoms with Gasteiger partial charge in [-0.1, -0.05) is 0 Å². The number of aromatic nitrogens is 1. The summed E-state index contributed by atoms with van der Waals surface area (Å²) in [7, 11) is 3.86. The van der Waals surface area contributed by atoms with Gasteiger partial charge in [0.05, 0.1) is 11.2 Å². The van der Waals surface area contributed by atoms with Crippen LogP contribution in [0.25, 0.3) is 11.1 Å². The van der Waals surface area contributed by atoms with Crippen molar-refractivity contribution in [2.24, 2.45) is 0 Å². The van der Waals surface area contributed by atoms with Crippen molar-refractivity contribution in [3.63, 3.8) is 0 Å². The molecule has 0 radical (unpaired) electrons. The van der Waals surface area contributed by atoms with E-state index in [0.29, 0.717) is 53.3 Å². The van der Waals surface area contributed by atoms with E-state index in [9.17, 15) is 14.4 Å². The maximum absolute atomic E-state index is 12.8. The molecule has 0 saturated heterocycles. The van der Waals surface area contributed by atoms with Crippen molar-refractivity contribution in [3.05, 3.63) is 52.5 Å². The summed E-state index contributed by atoms with van der Waals surface area (Å²) in [5.41, 5.74) is 2.75. The van der Waals surface area contributed by atoms with Crippen LogP contribution in [0.3, 0.4) is 0 Å². The maximum atomic E-state index is 12.8. The van der Waals surface area contributed by atoms with E-state index in [4.69, 9.17) is 4.42 Å². The molecule has 1 aliphatic heterocycles. The van der Waals surface area contributed by atoms with Crippen LogP contribution in [0.1, 0.15) is 16.8 Å². The summed E-state index contributed by atoms with van der Waals surface area (Å²) in [5.74, 6) is -0.0643. The number of hydrogen-bond donors (Lipinski definition) is 2. The highest BCUT2D eigenvalue weighted by molar-refractivity contribution is 7.99. The normalized spacial score (nSPS) is 13.8. The second-order valence-corrected chi connectivity index (χ2v) is 8.45. The van der Waals surface area contributed by atoms with Crippen LogP contribution >= 0.6 is 11.8 Å². The number of carbonyl (C=O) groups excluding carboxylic acids is 2. The molecule has 8 nitrogen and oxygen atoms in total. The number of oxazole rings is 1. The van der Waals surface area contributed by atoms with Gasteiger partial charge in [-0.25, -0.2) is 4.79 Å². The molecular formula is C21H22N4O4S. The molecular weight excluding hydrogens is 404 g/mol. The van der Waals surface area contributed by atoms with Crippen LogP contribution in [-0.2, 0) is 11.3 Å². The van der Waals surface area contributed by atoms with E-state index in [0.717, 1.165) is 4.90 Å². The quantitative estimate of drug-likeness (QED) is 0.651. The van der Waals surface area contributed by atoms with Crippen molar-refractivity contribution >= 4 is 46.1 Å². The molecule has 2 aromatic carbocycles. The number of carbonyl (C=O) groups is 2. The zero-order valence-corrected chi connectivity index (χ0v) is 17.5. The third-order valence-electron chi connectivity index (χ3n) is 4.80. The predicted octanol–water partition coefficient (Wildman–Crippen LogP) is 2.84. The lowest BCUT2D eigenvalue weighted by Gasteiger charge is -2.11. The Morgan fingerprint density at radius 1 is 1.23 bits per heavy atom. The number of amides is 2. The molecule has 0 aliphatic carbocycles. The van der Waals surface area contributed by atoms with Gasteiger partial charge in [0.1, 0.15) is 0 Å². The van der Waals surface area contributed by atoms with Gasteiger partial charge in [0.2, 0.25) is 5.91 Å². The van der Waals surface area contributed by atoms with Crippen molar-refractivity contribution in [2.45, 2.75) is 17.9 Å². The van der Waals surface area contributed by atoms with Crippen LogP contribution in [0.15, 0.2) is 50.5 Å². The number of likely N-dealkylation sites (N-methyl/N-ethyl adjacent to an activating group) is 1. The third kappa shape index (κ3) is 4.27. The van der Waals surface area contributed by atoms with Crippen molar-refractivity contribution in [3.8, 4) is 0 Å². The van der Waals surface area contributed by atoms with Crippen LogP contribution in [0, 0.1) is 0 Å². The zero-order chi connectivity index (χ0) is 21.3. The van der Waals surface area contributed by atoms with Gasteiger partial charge in [-0.05, 0) is 50.5 Å². The van der Waals surface area contributed by atoms with Crippen LogP contribution in [0.4, 0.5) is 11.4 Å². The van der Waals surface area contributed by atoms with E-state index >= 15 is 0 Å².